The van der Waals surface area contributed by atoms with Crippen LogP contribution in [0.5, 0.6) is 0 Å². The summed E-state index contributed by atoms with van der Waals surface area (Å²) < 4.78 is 5.11. The number of piperidine rings is 1. The summed E-state index contributed by atoms with van der Waals surface area (Å²) in [4.78, 5) is 27.4. The normalized spacial score (nSPS) is 18.3. The molecule has 104 valence electrons. The van der Waals surface area contributed by atoms with Gasteiger partial charge in [0.05, 0.1) is 6.54 Å². The first-order valence-electron chi connectivity index (χ1n) is 6.39. The lowest BCUT2D eigenvalue weighted by Gasteiger charge is -2.31. The van der Waals surface area contributed by atoms with Gasteiger partial charge in [0, 0.05) is 13.0 Å². The second kappa shape index (κ2) is 6.63. The largest absolute Gasteiger partial charge is 0.452 e. The van der Waals surface area contributed by atoms with Gasteiger partial charge >= 0.3 is 12.2 Å². The minimum Gasteiger partial charge on any atom is -0.452 e. The maximum atomic E-state index is 11.9. The molecule has 0 spiro atoms. The second-order valence-electron chi connectivity index (χ2n) is 4.60. The van der Waals surface area contributed by atoms with E-state index in [-0.39, 0.29) is 12.0 Å². The van der Waals surface area contributed by atoms with Gasteiger partial charge in [-0.15, -0.1) is 0 Å². The van der Waals surface area contributed by atoms with Crippen molar-refractivity contribution in [1.29, 1.82) is 0 Å². The van der Waals surface area contributed by atoms with E-state index in [1.165, 1.54) is 0 Å². The van der Waals surface area contributed by atoms with Crippen LogP contribution in [0.15, 0.2) is 30.3 Å². The van der Waals surface area contributed by atoms with Gasteiger partial charge in [-0.05, 0) is 12.0 Å². The summed E-state index contributed by atoms with van der Waals surface area (Å²) in [7, 11) is 0. The monoisotopic (exact) mass is 273 g/mol. The number of amides is 1. The predicted octanol–water partition coefficient (Wildman–Crippen LogP) is 1.02. The molecule has 1 aromatic rings. The first-order chi connectivity index (χ1) is 9.69. The zero-order chi connectivity index (χ0) is 14.4. The van der Waals surface area contributed by atoms with Gasteiger partial charge in [-0.2, -0.15) is 4.79 Å². The molecule has 2 rings (SSSR count). The Labute approximate surface area is 116 Å². The van der Waals surface area contributed by atoms with Crippen LogP contribution in [-0.4, -0.2) is 40.4 Å². The van der Waals surface area contributed by atoms with Crippen LogP contribution < -0.4 is 0 Å². The number of likely N-dealkylation sites (tertiary alicyclic amines) is 1. The number of benzene rings is 1. The molecule has 0 N–H and O–H groups in total. The van der Waals surface area contributed by atoms with Crippen LogP contribution in [0.4, 0.5) is 0 Å². The Kier molecular flexibility index (Phi) is 4.63. The Morgan fingerprint density at radius 3 is 2.90 bits per heavy atom. The van der Waals surface area contributed by atoms with Crippen LogP contribution in [0, 0.1) is 0 Å². The fourth-order valence-corrected chi connectivity index (χ4v) is 2.18. The highest BCUT2D eigenvalue weighted by molar-refractivity contribution is 6.20. The summed E-state index contributed by atoms with van der Waals surface area (Å²) in [6.45, 7) is 0.862. The lowest BCUT2D eigenvalue weighted by Crippen LogP contribution is -2.43. The van der Waals surface area contributed by atoms with E-state index >= 15 is 0 Å². The summed E-state index contributed by atoms with van der Waals surface area (Å²) in [6, 6.07) is 9.64. The predicted molar refractivity (Wildman–Crippen MR) is 70.7 cm³/mol. The quantitative estimate of drug-likeness (QED) is 0.355. The highest BCUT2D eigenvalue weighted by Gasteiger charge is 2.28. The number of ether oxygens (including phenoxy) is 1. The highest BCUT2D eigenvalue weighted by Crippen LogP contribution is 2.17. The molecule has 6 nitrogen and oxygen atoms in total. The van der Waals surface area contributed by atoms with Crippen molar-refractivity contribution in [2.45, 2.75) is 25.5 Å². The molecule has 0 bridgehead atoms. The SMILES string of the molecule is [N-]=[N+]=CC(=O)O[C@H]1CCC(=O)N(Cc2ccccc2)C1. The third-order valence-corrected chi connectivity index (χ3v) is 3.12. The highest BCUT2D eigenvalue weighted by atomic mass is 16.5. The molecule has 1 aromatic carbocycles. The first-order valence-corrected chi connectivity index (χ1v) is 6.39. The molecule has 6 heteroatoms. The molecule has 20 heavy (non-hydrogen) atoms. The Balaban J connectivity index is 1.96. The molecule has 1 amide bonds. The van der Waals surface area contributed by atoms with Crippen LogP contribution >= 0.6 is 0 Å². The van der Waals surface area contributed by atoms with Crippen LogP contribution in [0.25, 0.3) is 5.53 Å². The molecule has 0 aromatic heterocycles. The number of rotatable bonds is 4. The van der Waals surface area contributed by atoms with E-state index in [0.29, 0.717) is 32.1 Å². The van der Waals surface area contributed by atoms with E-state index in [1.54, 1.807) is 4.90 Å². The average molecular weight is 273 g/mol. The van der Waals surface area contributed by atoms with Gasteiger partial charge in [0.25, 0.3) is 0 Å². The lowest BCUT2D eigenvalue weighted by atomic mass is 10.1. The molecule has 1 atom stereocenters. The fourth-order valence-electron chi connectivity index (χ4n) is 2.18. The van der Waals surface area contributed by atoms with Crippen molar-refractivity contribution >= 4 is 18.1 Å². The fraction of sp³-hybridized carbons (Fsp3) is 0.357. The van der Waals surface area contributed by atoms with E-state index < -0.39 is 5.97 Å². The first kappa shape index (κ1) is 14.0. The molecular weight excluding hydrogens is 258 g/mol. The van der Waals surface area contributed by atoms with E-state index in [4.69, 9.17) is 10.3 Å². The topological polar surface area (TPSA) is 83.0 Å². The number of carbonyl (C=O) groups is 2. The third kappa shape index (κ3) is 3.76. The molecule has 0 aliphatic carbocycles. The third-order valence-electron chi connectivity index (χ3n) is 3.12. The van der Waals surface area contributed by atoms with Gasteiger partial charge in [-0.1, -0.05) is 30.3 Å². The molecule has 1 aliphatic heterocycles. The van der Waals surface area contributed by atoms with Crippen molar-refractivity contribution in [2.75, 3.05) is 6.54 Å². The Morgan fingerprint density at radius 2 is 2.20 bits per heavy atom. The van der Waals surface area contributed by atoms with Gasteiger partial charge in [0.15, 0.2) is 0 Å². The number of carbonyl (C=O) groups excluding carboxylic acids is 2. The molecule has 1 saturated heterocycles. The summed E-state index contributed by atoms with van der Waals surface area (Å²) in [6.07, 6.45) is 1.19. The summed E-state index contributed by atoms with van der Waals surface area (Å²) in [5, 5.41) is 0. The molecular formula is C14H15N3O3. The standard InChI is InChI=1S/C14H15N3O3/c15-16-8-14(19)20-12-6-7-13(18)17(10-12)9-11-4-2-1-3-5-11/h1-5,8,12H,6-7,9-10H2/t12-/m0/s1. The van der Waals surface area contributed by atoms with Crippen molar-refractivity contribution < 1.29 is 19.1 Å². The Hall–Kier alpha value is -2.46. The number of esters is 1. The zero-order valence-electron chi connectivity index (χ0n) is 10.9. The molecule has 1 aliphatic rings. The van der Waals surface area contributed by atoms with Gasteiger partial charge in [-0.25, -0.2) is 4.79 Å². The van der Waals surface area contributed by atoms with Crippen molar-refractivity contribution in [1.82, 2.24) is 4.90 Å². The van der Waals surface area contributed by atoms with Crippen molar-refractivity contribution in [2.24, 2.45) is 0 Å². The van der Waals surface area contributed by atoms with Crippen LogP contribution in [0.1, 0.15) is 18.4 Å². The maximum absolute atomic E-state index is 11.9. The van der Waals surface area contributed by atoms with Crippen molar-refractivity contribution in [3.05, 3.63) is 41.4 Å². The summed E-state index contributed by atoms with van der Waals surface area (Å²) in [5.74, 6) is -0.650. The Morgan fingerprint density at radius 1 is 1.45 bits per heavy atom. The Bertz CT molecular complexity index is 538. The van der Waals surface area contributed by atoms with Crippen LogP contribution in [0.3, 0.4) is 0 Å². The van der Waals surface area contributed by atoms with E-state index in [9.17, 15) is 9.59 Å². The van der Waals surface area contributed by atoms with Gasteiger partial charge in [0.1, 0.15) is 6.10 Å². The summed E-state index contributed by atoms with van der Waals surface area (Å²) >= 11 is 0. The van der Waals surface area contributed by atoms with Crippen molar-refractivity contribution in [3.8, 4) is 0 Å². The second-order valence-corrected chi connectivity index (χ2v) is 4.60. The van der Waals surface area contributed by atoms with Crippen molar-refractivity contribution in [3.63, 3.8) is 0 Å². The number of nitrogens with zero attached hydrogens (tertiary/aromatic N) is 3. The van der Waals surface area contributed by atoms with Crippen LogP contribution in [0.2, 0.25) is 0 Å². The molecule has 0 radical (unpaired) electrons. The molecule has 1 fully saturated rings. The lowest BCUT2D eigenvalue weighted by molar-refractivity contribution is -0.152. The summed E-state index contributed by atoms with van der Waals surface area (Å²) in [5.41, 5.74) is 9.29. The zero-order valence-corrected chi connectivity index (χ0v) is 10.9. The molecule has 0 saturated carbocycles. The number of hydrogen-bond acceptors (Lipinski definition) is 3. The maximum Gasteiger partial charge on any atom is 0.413 e. The van der Waals surface area contributed by atoms with Gasteiger partial charge in [0.2, 0.25) is 5.91 Å². The minimum absolute atomic E-state index is 0.0528. The van der Waals surface area contributed by atoms with E-state index in [1.807, 2.05) is 30.3 Å². The van der Waals surface area contributed by atoms with E-state index in [2.05, 4.69) is 4.79 Å². The minimum atomic E-state index is -0.702. The smallest absolute Gasteiger partial charge is 0.413 e. The molecule has 0 unspecified atom stereocenters. The molecule has 1 heterocycles. The number of hydrogen-bond donors (Lipinski definition) is 0. The van der Waals surface area contributed by atoms with Crippen LogP contribution in [-0.2, 0) is 20.9 Å². The van der Waals surface area contributed by atoms with Gasteiger partial charge < -0.3 is 15.2 Å². The van der Waals surface area contributed by atoms with Gasteiger partial charge in [-0.3, -0.25) is 4.79 Å². The van der Waals surface area contributed by atoms with E-state index in [0.717, 1.165) is 5.56 Å². The average Bonchev–Trinajstić information content (AvgIpc) is 2.44.